The van der Waals surface area contributed by atoms with Crippen LogP contribution in [0, 0.1) is 0 Å². The largest absolute Gasteiger partial charge is 0.481 e. The van der Waals surface area contributed by atoms with E-state index in [0.29, 0.717) is 6.42 Å². The number of hydrogen-bond acceptors (Lipinski definition) is 2. The Labute approximate surface area is 76.9 Å². The molecule has 0 unspecified atom stereocenters. The van der Waals surface area contributed by atoms with Crippen molar-refractivity contribution in [3.8, 4) is 0 Å². The van der Waals surface area contributed by atoms with Crippen LogP contribution in [0.15, 0.2) is 16.8 Å². The Morgan fingerprint density at radius 1 is 1.58 bits per heavy atom. The van der Waals surface area contributed by atoms with Crippen molar-refractivity contribution < 1.29 is 9.90 Å². The predicted octanol–water partition coefficient (Wildman–Crippen LogP) is 2.79. The van der Waals surface area contributed by atoms with Gasteiger partial charge in [0.15, 0.2) is 0 Å². The first kappa shape index (κ1) is 11.2. The van der Waals surface area contributed by atoms with Gasteiger partial charge in [-0.3, -0.25) is 4.79 Å². The van der Waals surface area contributed by atoms with Crippen LogP contribution in [0.2, 0.25) is 0 Å². The molecule has 12 heavy (non-hydrogen) atoms. The average molecular weight is 186 g/mol. The molecule has 0 radical (unpaired) electrons. The van der Waals surface area contributed by atoms with Gasteiger partial charge in [-0.2, -0.15) is 11.3 Å². The highest BCUT2D eigenvalue weighted by atomic mass is 32.1. The third-order valence-corrected chi connectivity index (χ3v) is 1.94. The monoisotopic (exact) mass is 186 g/mol. The Morgan fingerprint density at radius 2 is 2.25 bits per heavy atom. The molecule has 1 aromatic heterocycles. The predicted molar refractivity (Wildman–Crippen MR) is 51.6 cm³/mol. The minimum absolute atomic E-state index is 0.233. The van der Waals surface area contributed by atoms with Crippen molar-refractivity contribution in [2.75, 3.05) is 0 Å². The Morgan fingerprint density at radius 3 is 2.67 bits per heavy atom. The molecule has 0 saturated carbocycles. The summed E-state index contributed by atoms with van der Waals surface area (Å²) in [5, 5.41) is 12.2. The SMILES string of the molecule is CC.O=C(O)CCc1ccsc1. The molecule has 3 heteroatoms. The molecule has 1 rings (SSSR count). The Hall–Kier alpha value is -0.830. The van der Waals surface area contributed by atoms with Gasteiger partial charge in [-0.15, -0.1) is 0 Å². The minimum Gasteiger partial charge on any atom is -0.481 e. The summed E-state index contributed by atoms with van der Waals surface area (Å²) in [4.78, 5) is 10.1. The fourth-order valence-corrected chi connectivity index (χ4v) is 1.39. The molecule has 2 nitrogen and oxygen atoms in total. The summed E-state index contributed by atoms with van der Waals surface area (Å²) in [5.41, 5.74) is 1.12. The van der Waals surface area contributed by atoms with Gasteiger partial charge in [-0.1, -0.05) is 13.8 Å². The number of rotatable bonds is 3. The molecular weight excluding hydrogens is 172 g/mol. The molecule has 0 atom stereocenters. The third-order valence-electron chi connectivity index (χ3n) is 1.21. The standard InChI is InChI=1S/C7H8O2S.C2H6/c8-7(9)2-1-6-3-4-10-5-6;1-2/h3-5H,1-2H2,(H,8,9);1-2H3. The van der Waals surface area contributed by atoms with Gasteiger partial charge in [0.2, 0.25) is 0 Å². The molecule has 0 aliphatic carbocycles. The summed E-state index contributed by atoms with van der Waals surface area (Å²) in [5.74, 6) is -0.730. The van der Waals surface area contributed by atoms with Gasteiger partial charge in [0.05, 0.1) is 0 Å². The molecule has 0 spiro atoms. The van der Waals surface area contributed by atoms with Crippen LogP contribution >= 0.6 is 11.3 Å². The number of carbonyl (C=O) groups is 1. The number of aryl methyl sites for hydroxylation is 1. The molecule has 0 bridgehead atoms. The Balaban J connectivity index is 0.000000561. The first-order valence-electron chi connectivity index (χ1n) is 4.02. The zero-order chi connectivity index (χ0) is 9.40. The first-order valence-corrected chi connectivity index (χ1v) is 4.96. The van der Waals surface area contributed by atoms with Gasteiger partial charge >= 0.3 is 5.97 Å². The maximum atomic E-state index is 10.1. The van der Waals surface area contributed by atoms with Crippen molar-refractivity contribution in [3.05, 3.63) is 22.4 Å². The van der Waals surface area contributed by atoms with Gasteiger partial charge in [-0.25, -0.2) is 0 Å². The molecular formula is C9H14O2S. The van der Waals surface area contributed by atoms with E-state index in [9.17, 15) is 4.79 Å². The Kier molecular flexibility index (Phi) is 6.38. The molecule has 0 aromatic carbocycles. The molecule has 0 aliphatic heterocycles. The quantitative estimate of drug-likeness (QED) is 0.788. The fraction of sp³-hybridized carbons (Fsp3) is 0.444. The number of thiophene rings is 1. The highest BCUT2D eigenvalue weighted by molar-refractivity contribution is 7.07. The molecule has 1 N–H and O–H groups in total. The van der Waals surface area contributed by atoms with Crippen molar-refractivity contribution in [3.63, 3.8) is 0 Å². The van der Waals surface area contributed by atoms with Gasteiger partial charge in [0.1, 0.15) is 0 Å². The number of carboxylic acids is 1. The van der Waals surface area contributed by atoms with Crippen molar-refractivity contribution in [1.29, 1.82) is 0 Å². The Bertz CT molecular complexity index is 204. The second kappa shape index (κ2) is 6.85. The highest BCUT2D eigenvalue weighted by Gasteiger charge is 1.97. The number of hydrogen-bond donors (Lipinski definition) is 1. The molecule has 1 aromatic rings. The van der Waals surface area contributed by atoms with E-state index in [1.54, 1.807) is 11.3 Å². The molecule has 68 valence electrons. The van der Waals surface area contributed by atoms with Gasteiger partial charge in [-0.05, 0) is 28.8 Å². The van der Waals surface area contributed by atoms with E-state index in [1.165, 1.54) is 0 Å². The molecule has 0 saturated heterocycles. The molecule has 0 amide bonds. The average Bonchev–Trinajstić information content (AvgIpc) is 2.56. The lowest BCUT2D eigenvalue weighted by molar-refractivity contribution is -0.136. The van der Waals surface area contributed by atoms with Crippen LogP contribution in [-0.2, 0) is 11.2 Å². The van der Waals surface area contributed by atoms with Crippen molar-refractivity contribution in [2.45, 2.75) is 26.7 Å². The van der Waals surface area contributed by atoms with Crippen LogP contribution < -0.4 is 0 Å². The van der Waals surface area contributed by atoms with Crippen molar-refractivity contribution in [2.24, 2.45) is 0 Å². The van der Waals surface area contributed by atoms with E-state index in [2.05, 4.69) is 0 Å². The van der Waals surface area contributed by atoms with E-state index < -0.39 is 5.97 Å². The van der Waals surface area contributed by atoms with Crippen LogP contribution in [0.25, 0.3) is 0 Å². The first-order chi connectivity index (χ1) is 5.79. The van der Waals surface area contributed by atoms with E-state index in [1.807, 2.05) is 30.7 Å². The van der Waals surface area contributed by atoms with Crippen LogP contribution in [0.3, 0.4) is 0 Å². The summed E-state index contributed by atoms with van der Waals surface area (Å²) in [6.07, 6.45) is 0.884. The summed E-state index contributed by atoms with van der Waals surface area (Å²) < 4.78 is 0. The van der Waals surface area contributed by atoms with Gasteiger partial charge < -0.3 is 5.11 Å². The van der Waals surface area contributed by atoms with Crippen LogP contribution in [0.1, 0.15) is 25.8 Å². The van der Waals surface area contributed by atoms with E-state index in [4.69, 9.17) is 5.11 Å². The van der Waals surface area contributed by atoms with Crippen molar-refractivity contribution >= 4 is 17.3 Å². The minimum atomic E-state index is -0.730. The summed E-state index contributed by atoms with van der Waals surface area (Å²) >= 11 is 1.60. The lowest BCUT2D eigenvalue weighted by Crippen LogP contribution is -1.95. The molecule has 0 fully saturated rings. The lowest BCUT2D eigenvalue weighted by atomic mass is 10.2. The summed E-state index contributed by atoms with van der Waals surface area (Å²) in [6, 6.07) is 1.95. The second-order valence-corrected chi connectivity index (χ2v) is 2.81. The smallest absolute Gasteiger partial charge is 0.303 e. The highest BCUT2D eigenvalue weighted by Crippen LogP contribution is 2.07. The molecule has 1 heterocycles. The zero-order valence-corrected chi connectivity index (χ0v) is 8.23. The number of aliphatic carboxylic acids is 1. The van der Waals surface area contributed by atoms with Crippen LogP contribution in [0.4, 0.5) is 0 Å². The van der Waals surface area contributed by atoms with Crippen LogP contribution in [-0.4, -0.2) is 11.1 Å². The topological polar surface area (TPSA) is 37.3 Å². The third kappa shape index (κ3) is 4.91. The zero-order valence-electron chi connectivity index (χ0n) is 7.41. The maximum absolute atomic E-state index is 10.1. The van der Waals surface area contributed by atoms with Crippen molar-refractivity contribution in [1.82, 2.24) is 0 Å². The summed E-state index contributed by atoms with van der Waals surface area (Å²) in [7, 11) is 0. The van der Waals surface area contributed by atoms with Gasteiger partial charge in [0.25, 0.3) is 0 Å². The van der Waals surface area contributed by atoms with E-state index >= 15 is 0 Å². The van der Waals surface area contributed by atoms with E-state index in [0.717, 1.165) is 5.56 Å². The maximum Gasteiger partial charge on any atom is 0.303 e. The normalized spacial score (nSPS) is 8.50. The fourth-order valence-electron chi connectivity index (χ4n) is 0.686. The number of carboxylic acid groups (broad SMARTS) is 1. The lowest BCUT2D eigenvalue weighted by Gasteiger charge is -1.89. The van der Waals surface area contributed by atoms with E-state index in [-0.39, 0.29) is 6.42 Å². The second-order valence-electron chi connectivity index (χ2n) is 2.03. The molecule has 0 aliphatic rings. The van der Waals surface area contributed by atoms with Crippen LogP contribution in [0.5, 0.6) is 0 Å². The van der Waals surface area contributed by atoms with Gasteiger partial charge in [0, 0.05) is 6.42 Å². The summed E-state index contributed by atoms with van der Waals surface area (Å²) in [6.45, 7) is 4.00.